The zero-order chi connectivity index (χ0) is 13.0. The molecule has 0 unspecified atom stereocenters. The molecule has 0 saturated heterocycles. The molecule has 1 fully saturated rings. The summed E-state index contributed by atoms with van der Waals surface area (Å²) >= 11 is 3.60. The van der Waals surface area contributed by atoms with Crippen LogP contribution in [0.3, 0.4) is 0 Å². The molecule has 0 aliphatic heterocycles. The van der Waals surface area contributed by atoms with Crippen LogP contribution in [-0.2, 0) is 6.54 Å². The minimum atomic E-state index is -0.551. The minimum Gasteiger partial charge on any atom is -0.390 e. The number of nitrogens with zero attached hydrogens (tertiary/aromatic N) is 4. The smallest absolute Gasteiger partial charge is 0.390 e. The highest BCUT2D eigenvalue weighted by atomic mass is 79.9. The highest BCUT2D eigenvalue weighted by molar-refractivity contribution is 9.09. The van der Waals surface area contributed by atoms with E-state index in [0.29, 0.717) is 6.54 Å². The first-order valence-electron chi connectivity index (χ1n) is 6.25. The molecule has 7 heteroatoms. The molecule has 6 nitrogen and oxygen atoms in total. The van der Waals surface area contributed by atoms with Crippen LogP contribution < -0.4 is 0 Å². The van der Waals surface area contributed by atoms with Crippen molar-refractivity contribution < 1.29 is 4.92 Å². The Morgan fingerprint density at radius 3 is 2.56 bits per heavy atom. The molecule has 0 spiro atoms. The Bertz CT molecular complexity index is 413. The first-order chi connectivity index (χ1) is 8.65. The van der Waals surface area contributed by atoms with Gasteiger partial charge in [-0.1, -0.05) is 46.6 Å². The van der Waals surface area contributed by atoms with Gasteiger partial charge in [0.05, 0.1) is 6.54 Å². The summed E-state index contributed by atoms with van der Waals surface area (Å²) in [4.78, 5) is 13.7. The summed E-state index contributed by atoms with van der Waals surface area (Å²) in [6, 6.07) is 0. The number of halogens is 1. The van der Waals surface area contributed by atoms with Crippen molar-refractivity contribution in [3.63, 3.8) is 0 Å². The molecule has 1 heterocycles. The number of alkyl halides is 1. The Morgan fingerprint density at radius 2 is 2.06 bits per heavy atom. The van der Waals surface area contributed by atoms with E-state index in [2.05, 4.69) is 26.0 Å². The molecule has 1 aliphatic carbocycles. The van der Waals surface area contributed by atoms with Gasteiger partial charge in [-0.15, -0.1) is 0 Å². The first kappa shape index (κ1) is 13.5. The largest absolute Gasteiger partial charge is 0.490 e. The van der Waals surface area contributed by atoms with Crippen LogP contribution in [0.1, 0.15) is 38.5 Å². The van der Waals surface area contributed by atoms with Gasteiger partial charge < -0.3 is 10.1 Å². The third kappa shape index (κ3) is 3.07. The lowest BCUT2D eigenvalue weighted by molar-refractivity contribution is -0.394. The maximum atomic E-state index is 10.6. The van der Waals surface area contributed by atoms with Crippen molar-refractivity contribution >= 4 is 21.9 Å². The van der Waals surface area contributed by atoms with Crippen molar-refractivity contribution in [1.29, 1.82) is 0 Å². The third-order valence-corrected chi connectivity index (χ3v) is 4.82. The van der Waals surface area contributed by atoms with Crippen LogP contribution in [0.5, 0.6) is 0 Å². The molecule has 1 aromatic heterocycles. The average Bonchev–Trinajstić information content (AvgIpc) is 2.69. The fraction of sp³-hybridized carbons (Fsp3) is 0.818. The summed E-state index contributed by atoms with van der Waals surface area (Å²) in [5.74, 6) is -0.312. The topological polar surface area (TPSA) is 73.8 Å². The van der Waals surface area contributed by atoms with E-state index in [4.69, 9.17) is 0 Å². The van der Waals surface area contributed by atoms with Crippen molar-refractivity contribution in [1.82, 2.24) is 14.8 Å². The van der Waals surface area contributed by atoms with Crippen LogP contribution in [0.2, 0.25) is 0 Å². The molecule has 0 N–H and O–H groups in total. The summed E-state index contributed by atoms with van der Waals surface area (Å²) in [6.07, 6.45) is 8.77. The van der Waals surface area contributed by atoms with Crippen molar-refractivity contribution in [3.8, 4) is 0 Å². The second-order valence-corrected chi connectivity index (χ2v) is 5.61. The van der Waals surface area contributed by atoms with Crippen LogP contribution in [0.4, 0.5) is 5.95 Å². The van der Waals surface area contributed by atoms with Gasteiger partial charge in [0, 0.05) is 15.8 Å². The number of rotatable bonds is 4. The highest BCUT2D eigenvalue weighted by Crippen LogP contribution is 2.38. The maximum Gasteiger partial charge on any atom is 0.490 e. The number of hydrogen-bond donors (Lipinski definition) is 0. The fourth-order valence-corrected chi connectivity index (χ4v) is 3.34. The standard InChI is InChI=1S/C11H17BrN4O2/c12-7-11(5-3-1-2-4-6-11)8-15-9-13-10(14-15)16(17)18/h9H,1-8H2. The zero-order valence-electron chi connectivity index (χ0n) is 10.2. The van der Waals surface area contributed by atoms with E-state index in [1.165, 1.54) is 32.0 Å². The van der Waals surface area contributed by atoms with E-state index >= 15 is 0 Å². The normalized spacial score (nSPS) is 19.4. The van der Waals surface area contributed by atoms with Crippen LogP contribution in [0.25, 0.3) is 0 Å². The van der Waals surface area contributed by atoms with E-state index in [9.17, 15) is 10.1 Å². The Balaban J connectivity index is 2.10. The summed E-state index contributed by atoms with van der Waals surface area (Å²) in [7, 11) is 0. The summed E-state index contributed by atoms with van der Waals surface area (Å²) in [5, 5.41) is 15.4. The van der Waals surface area contributed by atoms with Crippen LogP contribution in [-0.4, -0.2) is 25.0 Å². The molecule has 0 aromatic carbocycles. The average molecular weight is 317 g/mol. The minimum absolute atomic E-state index is 0.165. The molecule has 1 saturated carbocycles. The van der Waals surface area contributed by atoms with Gasteiger partial charge in [0.15, 0.2) is 0 Å². The maximum absolute atomic E-state index is 10.6. The van der Waals surface area contributed by atoms with E-state index in [-0.39, 0.29) is 11.4 Å². The Hall–Kier alpha value is -0.980. The van der Waals surface area contributed by atoms with Gasteiger partial charge in [-0.2, -0.15) is 4.68 Å². The van der Waals surface area contributed by atoms with Crippen LogP contribution >= 0.6 is 15.9 Å². The van der Waals surface area contributed by atoms with E-state index in [1.807, 2.05) is 0 Å². The SMILES string of the molecule is O=[N+]([O-])c1ncn(CC2(CBr)CCCCCC2)n1. The Morgan fingerprint density at radius 1 is 1.39 bits per heavy atom. The molecule has 1 aromatic rings. The van der Waals surface area contributed by atoms with Crippen molar-refractivity contribution in [2.45, 2.75) is 45.1 Å². The summed E-state index contributed by atoms with van der Waals surface area (Å²) < 4.78 is 1.62. The molecule has 100 valence electrons. The Labute approximate surface area is 114 Å². The van der Waals surface area contributed by atoms with Gasteiger partial charge in [-0.25, -0.2) is 0 Å². The van der Waals surface area contributed by atoms with E-state index in [1.54, 1.807) is 4.68 Å². The van der Waals surface area contributed by atoms with Gasteiger partial charge >= 0.3 is 5.95 Å². The fourth-order valence-electron chi connectivity index (χ4n) is 2.60. The summed E-state index contributed by atoms with van der Waals surface area (Å²) in [6.45, 7) is 0.707. The second-order valence-electron chi connectivity index (χ2n) is 5.05. The molecule has 0 bridgehead atoms. The van der Waals surface area contributed by atoms with Crippen LogP contribution in [0, 0.1) is 15.5 Å². The van der Waals surface area contributed by atoms with Gasteiger partial charge in [-0.05, 0) is 17.8 Å². The van der Waals surface area contributed by atoms with Crippen molar-refractivity contribution in [2.24, 2.45) is 5.41 Å². The van der Waals surface area contributed by atoms with Crippen LogP contribution in [0.15, 0.2) is 6.33 Å². The van der Waals surface area contributed by atoms with Gasteiger partial charge in [-0.3, -0.25) is 0 Å². The van der Waals surface area contributed by atoms with Crippen molar-refractivity contribution in [3.05, 3.63) is 16.4 Å². The van der Waals surface area contributed by atoms with Gasteiger partial charge in [0.2, 0.25) is 6.33 Å². The molecule has 0 radical (unpaired) electrons. The first-order valence-corrected chi connectivity index (χ1v) is 7.37. The number of hydrogen-bond acceptors (Lipinski definition) is 4. The summed E-state index contributed by atoms with van der Waals surface area (Å²) in [5.41, 5.74) is 0.165. The predicted molar refractivity (Wildman–Crippen MR) is 70.6 cm³/mol. The molecule has 0 atom stereocenters. The quantitative estimate of drug-likeness (QED) is 0.370. The molecule has 18 heavy (non-hydrogen) atoms. The monoisotopic (exact) mass is 316 g/mol. The molecule has 1 aliphatic rings. The second kappa shape index (κ2) is 5.77. The van der Waals surface area contributed by atoms with Gasteiger partial charge in [0.25, 0.3) is 0 Å². The molecular weight excluding hydrogens is 300 g/mol. The lowest BCUT2D eigenvalue weighted by Crippen LogP contribution is -2.28. The molecule has 0 amide bonds. The lowest BCUT2D eigenvalue weighted by atomic mass is 9.82. The molecule has 2 rings (SSSR count). The third-order valence-electron chi connectivity index (χ3n) is 3.63. The number of nitro groups is 1. The lowest BCUT2D eigenvalue weighted by Gasteiger charge is -2.29. The van der Waals surface area contributed by atoms with Crippen molar-refractivity contribution in [2.75, 3.05) is 5.33 Å². The van der Waals surface area contributed by atoms with E-state index < -0.39 is 4.92 Å². The predicted octanol–water partition coefficient (Wildman–Crippen LogP) is 2.92. The molecular formula is C11H17BrN4O2. The Kier molecular flexibility index (Phi) is 4.31. The van der Waals surface area contributed by atoms with E-state index in [0.717, 1.165) is 18.2 Å². The highest BCUT2D eigenvalue weighted by Gasteiger charge is 2.32. The number of aromatic nitrogens is 3. The zero-order valence-corrected chi connectivity index (χ0v) is 11.8. The van der Waals surface area contributed by atoms with Gasteiger partial charge in [0.1, 0.15) is 0 Å².